The minimum absolute atomic E-state index is 0.0322. The molecule has 24 heavy (non-hydrogen) atoms. The van der Waals surface area contributed by atoms with Gasteiger partial charge in [-0.3, -0.25) is 9.69 Å². The van der Waals surface area contributed by atoms with Gasteiger partial charge in [0.2, 0.25) is 5.91 Å². The van der Waals surface area contributed by atoms with Crippen LogP contribution in [0.3, 0.4) is 0 Å². The zero-order valence-corrected chi connectivity index (χ0v) is 15.3. The predicted octanol–water partition coefficient (Wildman–Crippen LogP) is 0.0191. The molecule has 0 aromatic heterocycles. The van der Waals surface area contributed by atoms with Gasteiger partial charge in [-0.1, -0.05) is 0 Å². The number of nitrogens with two attached hydrogens (primary N) is 1. The van der Waals surface area contributed by atoms with Crippen LogP contribution in [0.5, 0.6) is 0 Å². The number of nitrogens with one attached hydrogen (secondary N) is 1. The van der Waals surface area contributed by atoms with Crippen molar-refractivity contribution < 1.29 is 19.1 Å². The lowest BCUT2D eigenvalue weighted by Crippen LogP contribution is -2.59. The molecule has 1 rings (SSSR count). The number of ether oxygens (including phenoxy) is 2. The third-order valence-corrected chi connectivity index (χ3v) is 3.72. The van der Waals surface area contributed by atoms with Crippen LogP contribution < -0.4 is 11.1 Å². The molecule has 1 saturated heterocycles. The number of amides is 2. The maximum Gasteiger partial charge on any atom is 0.410 e. The average Bonchev–Trinajstić information content (AvgIpc) is 2.50. The summed E-state index contributed by atoms with van der Waals surface area (Å²) in [5.74, 6) is -0.0322. The van der Waals surface area contributed by atoms with Crippen LogP contribution in [0, 0.1) is 0 Å². The van der Waals surface area contributed by atoms with Crippen molar-refractivity contribution in [3.05, 3.63) is 0 Å². The largest absolute Gasteiger partial charge is 0.444 e. The molecule has 1 fully saturated rings. The first-order chi connectivity index (χ1) is 11.3. The van der Waals surface area contributed by atoms with Crippen LogP contribution in [0.4, 0.5) is 4.79 Å². The number of rotatable bonds is 7. The van der Waals surface area contributed by atoms with E-state index in [-0.39, 0.29) is 24.6 Å². The Balaban J connectivity index is 2.44. The molecule has 1 heterocycles. The Kier molecular flexibility index (Phi) is 8.44. The molecule has 1 unspecified atom stereocenters. The van der Waals surface area contributed by atoms with Crippen LogP contribution in [0.1, 0.15) is 27.2 Å². The van der Waals surface area contributed by atoms with E-state index in [4.69, 9.17) is 15.2 Å². The lowest BCUT2D eigenvalue weighted by atomic mass is 10.1. The number of piperazine rings is 1. The Bertz CT molecular complexity index is 411. The Morgan fingerprint density at radius 2 is 2.00 bits per heavy atom. The normalized spacial score (nSPS) is 19.2. The van der Waals surface area contributed by atoms with E-state index in [2.05, 4.69) is 5.32 Å². The summed E-state index contributed by atoms with van der Waals surface area (Å²) >= 11 is 0. The van der Waals surface area contributed by atoms with E-state index in [0.29, 0.717) is 39.3 Å². The fraction of sp³-hybridized carbons (Fsp3) is 0.875. The SMILES string of the molecule is COCCCNC(=O)CN1CCN(C(=O)OC(C)(C)C)CC1CN. The van der Waals surface area contributed by atoms with E-state index < -0.39 is 5.60 Å². The van der Waals surface area contributed by atoms with Gasteiger partial charge in [-0.2, -0.15) is 0 Å². The summed E-state index contributed by atoms with van der Waals surface area (Å²) in [5.41, 5.74) is 5.31. The third kappa shape index (κ3) is 7.46. The fourth-order valence-corrected chi connectivity index (χ4v) is 2.50. The molecule has 1 aliphatic rings. The zero-order valence-electron chi connectivity index (χ0n) is 15.3. The number of carbonyl (C=O) groups is 2. The van der Waals surface area contributed by atoms with Crippen molar-refractivity contribution >= 4 is 12.0 Å². The molecule has 0 spiro atoms. The van der Waals surface area contributed by atoms with Gasteiger partial charge in [0, 0.05) is 52.5 Å². The molecule has 8 heteroatoms. The average molecular weight is 344 g/mol. The van der Waals surface area contributed by atoms with E-state index in [1.807, 2.05) is 25.7 Å². The maximum absolute atomic E-state index is 12.2. The monoisotopic (exact) mass is 344 g/mol. The van der Waals surface area contributed by atoms with Crippen molar-refractivity contribution in [2.75, 3.05) is 53.0 Å². The summed E-state index contributed by atoms with van der Waals surface area (Å²) in [7, 11) is 1.64. The van der Waals surface area contributed by atoms with E-state index >= 15 is 0 Å². The molecule has 1 atom stereocenters. The molecule has 3 N–H and O–H groups in total. The van der Waals surface area contributed by atoms with Gasteiger partial charge in [-0.25, -0.2) is 4.79 Å². The summed E-state index contributed by atoms with van der Waals surface area (Å²) in [6.45, 7) is 9.03. The topological polar surface area (TPSA) is 97.1 Å². The molecule has 2 amide bonds. The minimum Gasteiger partial charge on any atom is -0.444 e. The Hall–Kier alpha value is -1.38. The highest BCUT2D eigenvalue weighted by molar-refractivity contribution is 5.78. The van der Waals surface area contributed by atoms with Crippen LogP contribution in [0.15, 0.2) is 0 Å². The van der Waals surface area contributed by atoms with Crippen LogP contribution in [0.2, 0.25) is 0 Å². The van der Waals surface area contributed by atoms with Gasteiger partial charge >= 0.3 is 6.09 Å². The Morgan fingerprint density at radius 3 is 2.58 bits per heavy atom. The Labute approximate surface area is 144 Å². The molecular formula is C16H32N4O4. The number of hydrogen-bond acceptors (Lipinski definition) is 6. The molecule has 140 valence electrons. The van der Waals surface area contributed by atoms with Gasteiger partial charge in [0.25, 0.3) is 0 Å². The molecule has 0 aliphatic carbocycles. The van der Waals surface area contributed by atoms with Crippen LogP contribution in [-0.4, -0.2) is 86.4 Å². The highest BCUT2D eigenvalue weighted by Crippen LogP contribution is 2.14. The van der Waals surface area contributed by atoms with Gasteiger partial charge in [-0.05, 0) is 27.2 Å². The van der Waals surface area contributed by atoms with Gasteiger partial charge in [-0.15, -0.1) is 0 Å². The molecule has 0 radical (unpaired) electrons. The number of methoxy groups -OCH3 is 1. The minimum atomic E-state index is -0.519. The molecule has 1 aliphatic heterocycles. The van der Waals surface area contributed by atoms with Crippen molar-refractivity contribution in [3.63, 3.8) is 0 Å². The van der Waals surface area contributed by atoms with Gasteiger partial charge in [0.05, 0.1) is 6.54 Å². The van der Waals surface area contributed by atoms with Crippen LogP contribution in [0.25, 0.3) is 0 Å². The van der Waals surface area contributed by atoms with Crippen molar-refractivity contribution in [2.45, 2.75) is 38.8 Å². The number of carbonyl (C=O) groups excluding carboxylic acids is 2. The molecule has 0 bridgehead atoms. The van der Waals surface area contributed by atoms with E-state index in [1.165, 1.54) is 0 Å². The Morgan fingerprint density at radius 1 is 1.29 bits per heavy atom. The molecular weight excluding hydrogens is 312 g/mol. The first-order valence-electron chi connectivity index (χ1n) is 8.44. The quantitative estimate of drug-likeness (QED) is 0.632. The van der Waals surface area contributed by atoms with E-state index in [1.54, 1.807) is 12.0 Å². The second kappa shape index (κ2) is 9.80. The van der Waals surface area contributed by atoms with E-state index in [0.717, 1.165) is 6.42 Å². The van der Waals surface area contributed by atoms with E-state index in [9.17, 15) is 9.59 Å². The smallest absolute Gasteiger partial charge is 0.410 e. The van der Waals surface area contributed by atoms with Crippen molar-refractivity contribution in [1.29, 1.82) is 0 Å². The standard InChI is InChI=1S/C16H32N4O4/c1-16(2,3)24-15(22)20-8-7-19(13(10-17)11-20)12-14(21)18-6-5-9-23-4/h13H,5-12,17H2,1-4H3,(H,18,21). The first-order valence-corrected chi connectivity index (χ1v) is 8.44. The highest BCUT2D eigenvalue weighted by atomic mass is 16.6. The molecule has 0 aromatic carbocycles. The number of nitrogens with zero attached hydrogens (tertiary/aromatic N) is 2. The zero-order chi connectivity index (χ0) is 18.2. The van der Waals surface area contributed by atoms with Crippen molar-refractivity contribution in [3.8, 4) is 0 Å². The molecule has 8 nitrogen and oxygen atoms in total. The van der Waals surface area contributed by atoms with Crippen molar-refractivity contribution in [1.82, 2.24) is 15.1 Å². The summed E-state index contributed by atoms with van der Waals surface area (Å²) in [5, 5.41) is 2.87. The third-order valence-electron chi connectivity index (χ3n) is 3.72. The summed E-state index contributed by atoms with van der Waals surface area (Å²) in [6, 6.07) is -0.0454. The molecule has 0 saturated carbocycles. The summed E-state index contributed by atoms with van der Waals surface area (Å²) in [6.07, 6.45) is 0.458. The predicted molar refractivity (Wildman–Crippen MR) is 91.7 cm³/mol. The van der Waals surface area contributed by atoms with Crippen LogP contribution in [-0.2, 0) is 14.3 Å². The van der Waals surface area contributed by atoms with Gasteiger partial charge in [0.1, 0.15) is 5.60 Å². The first kappa shape index (κ1) is 20.7. The second-order valence-electron chi connectivity index (χ2n) is 6.98. The van der Waals surface area contributed by atoms with Crippen LogP contribution >= 0.6 is 0 Å². The van der Waals surface area contributed by atoms with Crippen molar-refractivity contribution in [2.24, 2.45) is 5.73 Å². The number of hydrogen-bond donors (Lipinski definition) is 2. The summed E-state index contributed by atoms with van der Waals surface area (Å²) in [4.78, 5) is 27.8. The fourth-order valence-electron chi connectivity index (χ4n) is 2.50. The summed E-state index contributed by atoms with van der Waals surface area (Å²) < 4.78 is 10.3. The van der Waals surface area contributed by atoms with Gasteiger partial charge in [0.15, 0.2) is 0 Å². The second-order valence-corrected chi connectivity index (χ2v) is 6.98. The van der Waals surface area contributed by atoms with Gasteiger partial charge < -0.3 is 25.4 Å². The maximum atomic E-state index is 12.2. The lowest BCUT2D eigenvalue weighted by Gasteiger charge is -2.40. The highest BCUT2D eigenvalue weighted by Gasteiger charge is 2.32. The lowest BCUT2D eigenvalue weighted by molar-refractivity contribution is -0.123. The molecule has 0 aromatic rings.